The van der Waals surface area contributed by atoms with E-state index in [-0.39, 0.29) is 6.42 Å². The first-order chi connectivity index (χ1) is 11.1. The number of hydrogen-bond donors (Lipinski definition) is 1. The van der Waals surface area contributed by atoms with Crippen molar-refractivity contribution in [2.24, 2.45) is 0 Å². The number of carboxylic acids is 1. The second kappa shape index (κ2) is 6.29. The summed E-state index contributed by atoms with van der Waals surface area (Å²) in [6.45, 7) is 2.49. The van der Waals surface area contributed by atoms with Gasteiger partial charge >= 0.3 is 5.97 Å². The first-order valence-electron chi connectivity index (χ1n) is 7.11. The number of fused-ring (bicyclic) bond motifs is 1. The Morgan fingerprint density at radius 3 is 2.83 bits per heavy atom. The van der Waals surface area contributed by atoms with Gasteiger partial charge in [-0.15, -0.1) is 11.3 Å². The van der Waals surface area contributed by atoms with Crippen LogP contribution in [0.15, 0.2) is 30.6 Å². The first kappa shape index (κ1) is 15.4. The molecular formula is C16H16N2O4S. The number of rotatable bonds is 6. The summed E-state index contributed by atoms with van der Waals surface area (Å²) in [4.78, 5) is 16.9. The van der Waals surface area contributed by atoms with E-state index in [0.29, 0.717) is 18.1 Å². The van der Waals surface area contributed by atoms with Gasteiger partial charge in [0.1, 0.15) is 0 Å². The van der Waals surface area contributed by atoms with Gasteiger partial charge in [0.2, 0.25) is 0 Å². The Hall–Kier alpha value is -2.54. The van der Waals surface area contributed by atoms with Gasteiger partial charge in [-0.3, -0.25) is 9.20 Å². The second-order valence-corrected chi connectivity index (χ2v) is 5.98. The fourth-order valence-electron chi connectivity index (χ4n) is 2.31. The van der Waals surface area contributed by atoms with Crippen LogP contribution < -0.4 is 9.47 Å². The van der Waals surface area contributed by atoms with Crippen LogP contribution in [-0.4, -0.2) is 34.2 Å². The van der Waals surface area contributed by atoms with Gasteiger partial charge in [0.25, 0.3) is 0 Å². The smallest absolute Gasteiger partial charge is 0.308 e. The number of hydrogen-bond acceptors (Lipinski definition) is 5. The Morgan fingerprint density at radius 1 is 1.35 bits per heavy atom. The molecule has 1 N–H and O–H groups in total. The molecule has 0 radical (unpaired) electrons. The molecule has 0 unspecified atom stereocenters. The number of imidazole rings is 1. The van der Waals surface area contributed by atoms with Gasteiger partial charge in [-0.1, -0.05) is 0 Å². The van der Waals surface area contributed by atoms with Crippen LogP contribution in [0.25, 0.3) is 16.2 Å². The van der Waals surface area contributed by atoms with E-state index < -0.39 is 5.97 Å². The van der Waals surface area contributed by atoms with Gasteiger partial charge in [-0.25, -0.2) is 4.98 Å². The van der Waals surface area contributed by atoms with E-state index in [0.717, 1.165) is 21.1 Å². The van der Waals surface area contributed by atoms with E-state index in [1.165, 1.54) is 11.3 Å². The summed E-state index contributed by atoms with van der Waals surface area (Å²) in [5.74, 6) is 0.516. The summed E-state index contributed by atoms with van der Waals surface area (Å²) in [6.07, 6.45) is 3.70. The SMILES string of the molecule is CCOc1ccc(-c2cn3cc(CC(=O)O)sc3n2)cc1OC. The molecule has 6 nitrogen and oxygen atoms in total. The van der Waals surface area contributed by atoms with Crippen LogP contribution in [0.2, 0.25) is 0 Å². The van der Waals surface area contributed by atoms with E-state index in [9.17, 15) is 4.79 Å². The predicted octanol–water partition coefficient (Wildman–Crippen LogP) is 3.10. The van der Waals surface area contributed by atoms with E-state index in [1.54, 1.807) is 13.3 Å². The number of aromatic nitrogens is 2. The fourth-order valence-corrected chi connectivity index (χ4v) is 3.27. The van der Waals surface area contributed by atoms with Gasteiger partial charge in [0.05, 0.1) is 25.8 Å². The Morgan fingerprint density at radius 2 is 2.17 bits per heavy atom. The van der Waals surface area contributed by atoms with Crippen LogP contribution in [0.3, 0.4) is 0 Å². The summed E-state index contributed by atoms with van der Waals surface area (Å²) < 4.78 is 12.7. The minimum atomic E-state index is -0.842. The number of nitrogens with zero attached hydrogens (tertiary/aromatic N) is 2. The second-order valence-electron chi connectivity index (χ2n) is 4.88. The molecule has 3 rings (SSSR count). The molecule has 3 aromatic rings. The van der Waals surface area contributed by atoms with E-state index >= 15 is 0 Å². The lowest BCUT2D eigenvalue weighted by Gasteiger charge is -2.09. The van der Waals surface area contributed by atoms with Gasteiger partial charge in [0.15, 0.2) is 16.5 Å². The number of aliphatic carboxylic acids is 1. The van der Waals surface area contributed by atoms with Crippen molar-refractivity contribution < 1.29 is 19.4 Å². The van der Waals surface area contributed by atoms with Gasteiger partial charge < -0.3 is 14.6 Å². The maximum Gasteiger partial charge on any atom is 0.308 e. The summed E-state index contributed by atoms with van der Waals surface area (Å²) in [7, 11) is 1.60. The van der Waals surface area contributed by atoms with Crippen molar-refractivity contribution in [1.29, 1.82) is 0 Å². The number of ether oxygens (including phenoxy) is 2. The molecule has 0 saturated heterocycles. The summed E-state index contributed by atoms with van der Waals surface area (Å²) in [6, 6.07) is 5.68. The molecule has 7 heteroatoms. The van der Waals surface area contributed by atoms with Gasteiger partial charge in [-0.2, -0.15) is 0 Å². The summed E-state index contributed by atoms with van der Waals surface area (Å²) >= 11 is 1.38. The highest BCUT2D eigenvalue weighted by molar-refractivity contribution is 7.17. The van der Waals surface area contributed by atoms with Crippen molar-refractivity contribution in [2.45, 2.75) is 13.3 Å². The average molecular weight is 332 g/mol. The molecule has 0 bridgehead atoms. The first-order valence-corrected chi connectivity index (χ1v) is 7.92. The van der Waals surface area contributed by atoms with Crippen LogP contribution >= 0.6 is 11.3 Å². The molecule has 0 saturated carbocycles. The fraction of sp³-hybridized carbons (Fsp3) is 0.250. The summed E-state index contributed by atoms with van der Waals surface area (Å²) in [5, 5.41) is 8.84. The highest BCUT2D eigenvalue weighted by atomic mass is 32.1. The molecule has 0 aliphatic carbocycles. The molecule has 120 valence electrons. The number of thiazole rings is 1. The Kier molecular flexibility index (Phi) is 4.20. The maximum absolute atomic E-state index is 10.8. The normalized spacial score (nSPS) is 10.9. The van der Waals surface area contributed by atoms with E-state index in [2.05, 4.69) is 4.98 Å². The average Bonchev–Trinajstić information content (AvgIpc) is 3.05. The van der Waals surface area contributed by atoms with Crippen LogP contribution in [0.1, 0.15) is 11.8 Å². The number of methoxy groups -OCH3 is 1. The molecule has 0 atom stereocenters. The standard InChI is InChI=1S/C16H16N2O4S/c1-3-22-13-5-4-10(6-14(13)21-2)12-9-18-8-11(7-15(19)20)23-16(18)17-12/h4-6,8-9H,3,7H2,1-2H3,(H,19,20). The molecule has 1 aromatic carbocycles. The van der Waals surface area contributed by atoms with E-state index in [4.69, 9.17) is 14.6 Å². The molecule has 2 heterocycles. The molecule has 0 spiro atoms. The quantitative estimate of drug-likeness (QED) is 0.751. The third-order valence-electron chi connectivity index (χ3n) is 3.29. The predicted molar refractivity (Wildman–Crippen MR) is 87.6 cm³/mol. The molecular weight excluding hydrogens is 316 g/mol. The third kappa shape index (κ3) is 3.14. The topological polar surface area (TPSA) is 73.1 Å². The largest absolute Gasteiger partial charge is 0.493 e. The molecule has 0 amide bonds. The number of carboxylic acid groups (broad SMARTS) is 1. The zero-order valence-corrected chi connectivity index (χ0v) is 13.6. The molecule has 0 aliphatic rings. The van der Waals surface area contributed by atoms with Crippen LogP contribution in [0.4, 0.5) is 0 Å². The highest BCUT2D eigenvalue weighted by Gasteiger charge is 2.12. The molecule has 0 aliphatic heterocycles. The monoisotopic (exact) mass is 332 g/mol. The lowest BCUT2D eigenvalue weighted by Crippen LogP contribution is -1.97. The third-order valence-corrected chi connectivity index (χ3v) is 4.29. The lowest BCUT2D eigenvalue weighted by atomic mass is 10.1. The van der Waals surface area contributed by atoms with E-state index in [1.807, 2.05) is 35.7 Å². The van der Waals surface area contributed by atoms with Crippen molar-refractivity contribution in [1.82, 2.24) is 9.38 Å². The van der Waals surface area contributed by atoms with Crippen molar-refractivity contribution in [3.63, 3.8) is 0 Å². The Labute approximate surface area is 136 Å². The zero-order valence-electron chi connectivity index (χ0n) is 12.8. The van der Waals surface area contributed by atoms with Crippen molar-refractivity contribution in [3.05, 3.63) is 35.5 Å². The number of benzene rings is 1. The molecule has 0 fully saturated rings. The molecule has 23 heavy (non-hydrogen) atoms. The van der Waals surface area contributed by atoms with Crippen molar-refractivity contribution in [2.75, 3.05) is 13.7 Å². The Bertz CT molecular complexity index is 822. The minimum Gasteiger partial charge on any atom is -0.493 e. The van der Waals surface area contributed by atoms with Crippen molar-refractivity contribution in [3.8, 4) is 22.8 Å². The number of carbonyl (C=O) groups is 1. The van der Waals surface area contributed by atoms with Gasteiger partial charge in [-0.05, 0) is 25.1 Å². The minimum absolute atomic E-state index is 0.0141. The molecule has 2 aromatic heterocycles. The summed E-state index contributed by atoms with van der Waals surface area (Å²) in [5.41, 5.74) is 1.72. The van der Waals surface area contributed by atoms with Gasteiger partial charge in [0, 0.05) is 22.8 Å². The lowest BCUT2D eigenvalue weighted by molar-refractivity contribution is -0.136. The van der Waals surface area contributed by atoms with Crippen LogP contribution in [0, 0.1) is 0 Å². The highest BCUT2D eigenvalue weighted by Crippen LogP contribution is 2.33. The van der Waals surface area contributed by atoms with Crippen LogP contribution in [-0.2, 0) is 11.2 Å². The van der Waals surface area contributed by atoms with Crippen LogP contribution in [0.5, 0.6) is 11.5 Å². The van der Waals surface area contributed by atoms with Crippen molar-refractivity contribution >= 4 is 22.3 Å². The Balaban J connectivity index is 1.93. The maximum atomic E-state index is 10.8. The zero-order chi connectivity index (χ0) is 16.4.